The van der Waals surface area contributed by atoms with Crippen LogP contribution in [0.5, 0.6) is 0 Å². The number of hydrogen-bond donors (Lipinski definition) is 0. The lowest BCUT2D eigenvalue weighted by Gasteiger charge is -2.31. The molecule has 0 saturated heterocycles. The highest BCUT2D eigenvalue weighted by Gasteiger charge is 2.30. The molecule has 2 aromatic carbocycles. The van der Waals surface area contributed by atoms with E-state index >= 15 is 0 Å². The van der Waals surface area contributed by atoms with Gasteiger partial charge < -0.3 is 9.47 Å². The van der Waals surface area contributed by atoms with Crippen molar-refractivity contribution in [1.29, 1.82) is 0 Å². The van der Waals surface area contributed by atoms with E-state index < -0.39 is 17.1 Å². The summed E-state index contributed by atoms with van der Waals surface area (Å²) in [6.45, 7) is 18.1. The first-order valence-corrected chi connectivity index (χ1v) is 12.6. The van der Waals surface area contributed by atoms with Crippen molar-refractivity contribution in [3.8, 4) is 11.1 Å². The van der Waals surface area contributed by atoms with Crippen molar-refractivity contribution in [2.75, 3.05) is 6.61 Å². The van der Waals surface area contributed by atoms with E-state index in [2.05, 4.69) is 39.0 Å². The molecule has 0 spiro atoms. The summed E-state index contributed by atoms with van der Waals surface area (Å²) in [6.07, 6.45) is -0.457. The number of aromatic nitrogens is 1. The lowest BCUT2D eigenvalue weighted by Crippen LogP contribution is -2.30. The molecule has 0 bridgehead atoms. The van der Waals surface area contributed by atoms with Gasteiger partial charge in [0.05, 0.1) is 16.5 Å². The molecular formula is C30H38ClNO3. The third kappa shape index (κ3) is 6.62. The van der Waals surface area contributed by atoms with Gasteiger partial charge in [-0.05, 0) is 101 Å². The van der Waals surface area contributed by atoms with Crippen LogP contribution in [0.1, 0.15) is 84.2 Å². The van der Waals surface area contributed by atoms with Crippen molar-refractivity contribution in [3.05, 3.63) is 64.3 Å². The van der Waals surface area contributed by atoms with Crippen LogP contribution in [0.4, 0.5) is 0 Å². The second-order valence-electron chi connectivity index (χ2n) is 11.5. The summed E-state index contributed by atoms with van der Waals surface area (Å²) in [7, 11) is 0. The Hall–Kier alpha value is -2.43. The number of carbonyl (C=O) groups is 1. The van der Waals surface area contributed by atoms with Gasteiger partial charge in [-0.3, -0.25) is 9.78 Å². The molecule has 0 amide bonds. The molecule has 4 nitrogen and oxygen atoms in total. The fourth-order valence-electron chi connectivity index (χ4n) is 4.07. The van der Waals surface area contributed by atoms with E-state index in [1.54, 1.807) is 0 Å². The maximum absolute atomic E-state index is 12.7. The Morgan fingerprint density at radius 3 is 2.17 bits per heavy atom. The second kappa shape index (κ2) is 10.3. The molecule has 35 heavy (non-hydrogen) atoms. The van der Waals surface area contributed by atoms with Gasteiger partial charge in [0.25, 0.3) is 0 Å². The maximum atomic E-state index is 12.7. The van der Waals surface area contributed by atoms with Gasteiger partial charge in [0.2, 0.25) is 0 Å². The van der Waals surface area contributed by atoms with Crippen molar-refractivity contribution in [2.45, 2.75) is 79.9 Å². The van der Waals surface area contributed by atoms with Crippen LogP contribution in [-0.2, 0) is 14.3 Å². The molecular weight excluding hydrogens is 458 g/mol. The first kappa shape index (κ1) is 27.2. The summed E-state index contributed by atoms with van der Waals surface area (Å²) in [5.41, 5.74) is 5.02. The largest absolute Gasteiger partial charge is 0.462 e. The zero-order valence-electron chi connectivity index (χ0n) is 22.5. The Labute approximate surface area is 215 Å². The molecule has 0 saturated carbocycles. The van der Waals surface area contributed by atoms with E-state index in [4.69, 9.17) is 26.1 Å². The number of nitrogens with zero attached hydrogens (tertiary/aromatic N) is 1. The lowest BCUT2D eigenvalue weighted by atomic mass is 9.88. The zero-order valence-corrected chi connectivity index (χ0v) is 23.2. The predicted octanol–water partition coefficient (Wildman–Crippen LogP) is 8.43. The maximum Gasteiger partial charge on any atom is 0.311 e. The third-order valence-electron chi connectivity index (χ3n) is 5.78. The summed E-state index contributed by atoms with van der Waals surface area (Å²) < 4.78 is 12.3. The van der Waals surface area contributed by atoms with E-state index in [0.717, 1.165) is 38.9 Å². The summed E-state index contributed by atoms with van der Waals surface area (Å²) in [4.78, 5) is 17.6. The molecule has 0 aliphatic carbocycles. The van der Waals surface area contributed by atoms with Gasteiger partial charge in [-0.15, -0.1) is 0 Å². The van der Waals surface area contributed by atoms with E-state index in [1.165, 1.54) is 0 Å². The summed E-state index contributed by atoms with van der Waals surface area (Å²) in [6, 6.07) is 14.2. The average Bonchev–Trinajstić information content (AvgIpc) is 2.74. The average molecular weight is 496 g/mol. The number of ether oxygens (including phenoxy) is 2. The fourth-order valence-corrected chi connectivity index (χ4v) is 4.20. The Bertz CT molecular complexity index is 1200. The molecule has 0 aliphatic rings. The number of esters is 1. The minimum absolute atomic E-state index is 0.123. The quantitative estimate of drug-likeness (QED) is 0.322. The Balaban J connectivity index is 2.27. The molecule has 0 radical (unpaired) electrons. The topological polar surface area (TPSA) is 48.4 Å². The molecule has 0 fully saturated rings. The molecule has 188 valence electrons. The number of rotatable bonds is 6. The standard InChI is InChI=1S/C30H38ClNO3/c1-18(2)23-15-14-22-24(32-23)16-19(3)26(27(22)20-10-12-21(31)13-11-20)25(35-30(7,8)9)17-34-28(33)29(4,5)6/h10-16,18,25H,17H2,1-9H3/t25-/m0/s1. The first-order chi connectivity index (χ1) is 16.2. The van der Waals surface area contributed by atoms with Crippen LogP contribution in [0.3, 0.4) is 0 Å². The Kier molecular flexibility index (Phi) is 7.98. The van der Waals surface area contributed by atoms with Crippen LogP contribution >= 0.6 is 11.6 Å². The van der Waals surface area contributed by atoms with Gasteiger partial charge in [0, 0.05) is 16.1 Å². The first-order valence-electron chi connectivity index (χ1n) is 12.2. The molecule has 5 heteroatoms. The van der Waals surface area contributed by atoms with E-state index in [1.807, 2.05) is 65.8 Å². The van der Waals surface area contributed by atoms with Gasteiger partial charge in [-0.25, -0.2) is 0 Å². The van der Waals surface area contributed by atoms with Crippen molar-refractivity contribution < 1.29 is 14.3 Å². The number of hydrogen-bond acceptors (Lipinski definition) is 4. The number of carbonyl (C=O) groups excluding carboxylic acids is 1. The summed E-state index contributed by atoms with van der Waals surface area (Å²) in [5, 5.41) is 1.70. The van der Waals surface area contributed by atoms with Crippen molar-refractivity contribution in [1.82, 2.24) is 4.98 Å². The van der Waals surface area contributed by atoms with Crippen LogP contribution < -0.4 is 0 Å². The highest BCUT2D eigenvalue weighted by atomic mass is 35.5. The summed E-state index contributed by atoms with van der Waals surface area (Å²) >= 11 is 6.23. The minimum atomic E-state index is -0.596. The number of fused-ring (bicyclic) bond motifs is 1. The monoisotopic (exact) mass is 495 g/mol. The molecule has 3 rings (SSSR count). The van der Waals surface area contributed by atoms with E-state index in [9.17, 15) is 4.79 Å². The van der Waals surface area contributed by atoms with Crippen LogP contribution in [0, 0.1) is 12.3 Å². The molecule has 1 aromatic heterocycles. The highest BCUT2D eigenvalue weighted by molar-refractivity contribution is 6.30. The molecule has 1 atom stereocenters. The Morgan fingerprint density at radius 2 is 1.63 bits per heavy atom. The number of halogens is 1. The van der Waals surface area contributed by atoms with Crippen LogP contribution in [-0.4, -0.2) is 23.2 Å². The van der Waals surface area contributed by atoms with Gasteiger partial charge in [0.1, 0.15) is 12.7 Å². The van der Waals surface area contributed by atoms with Gasteiger partial charge in [-0.2, -0.15) is 0 Å². The molecule has 0 N–H and O–H groups in total. The molecule has 1 heterocycles. The summed E-state index contributed by atoms with van der Waals surface area (Å²) in [5.74, 6) is 0.0712. The molecule has 0 aliphatic heterocycles. The number of pyridine rings is 1. The van der Waals surface area contributed by atoms with Crippen molar-refractivity contribution in [2.24, 2.45) is 5.41 Å². The SMILES string of the molecule is Cc1cc2nc(C(C)C)ccc2c(-c2ccc(Cl)cc2)c1[C@H](COC(=O)C(C)(C)C)OC(C)(C)C. The normalized spacial score (nSPS) is 13.3. The molecule has 3 aromatic rings. The van der Waals surface area contributed by atoms with Gasteiger partial charge >= 0.3 is 5.97 Å². The highest BCUT2D eigenvalue weighted by Crippen LogP contribution is 2.41. The van der Waals surface area contributed by atoms with Crippen LogP contribution in [0.2, 0.25) is 5.02 Å². The third-order valence-corrected chi connectivity index (χ3v) is 6.04. The Morgan fingerprint density at radius 1 is 1.00 bits per heavy atom. The van der Waals surface area contributed by atoms with Gasteiger partial charge in [0.15, 0.2) is 0 Å². The van der Waals surface area contributed by atoms with E-state index in [0.29, 0.717) is 10.9 Å². The second-order valence-corrected chi connectivity index (χ2v) is 12.0. The van der Waals surface area contributed by atoms with Gasteiger partial charge in [-0.1, -0.05) is 43.6 Å². The minimum Gasteiger partial charge on any atom is -0.462 e. The van der Waals surface area contributed by atoms with Crippen molar-refractivity contribution >= 4 is 28.5 Å². The van der Waals surface area contributed by atoms with Crippen molar-refractivity contribution in [3.63, 3.8) is 0 Å². The molecule has 0 unspecified atom stereocenters. The predicted molar refractivity (Wildman–Crippen MR) is 145 cm³/mol. The fraction of sp³-hybridized carbons (Fsp3) is 0.467. The zero-order chi connectivity index (χ0) is 26.1. The van der Waals surface area contributed by atoms with Crippen LogP contribution in [0.25, 0.3) is 22.0 Å². The van der Waals surface area contributed by atoms with Crippen LogP contribution in [0.15, 0.2) is 42.5 Å². The van der Waals surface area contributed by atoms with E-state index in [-0.39, 0.29) is 12.6 Å². The lowest BCUT2D eigenvalue weighted by molar-refractivity contribution is -0.162. The number of aryl methyl sites for hydroxylation is 1. The number of benzene rings is 2. The smallest absolute Gasteiger partial charge is 0.311 e.